The zero-order valence-corrected chi connectivity index (χ0v) is 8.69. The van der Waals surface area contributed by atoms with Crippen molar-refractivity contribution in [3.63, 3.8) is 0 Å². The van der Waals surface area contributed by atoms with Gasteiger partial charge in [-0.1, -0.05) is 36.4 Å². The first kappa shape index (κ1) is 15.8. The summed E-state index contributed by atoms with van der Waals surface area (Å²) in [6.45, 7) is 0. The van der Waals surface area contributed by atoms with Crippen molar-refractivity contribution in [1.29, 1.82) is 0 Å². The topological polar surface area (TPSA) is 89.0 Å². The summed E-state index contributed by atoms with van der Waals surface area (Å²) in [5.74, 6) is 0. The van der Waals surface area contributed by atoms with Crippen LogP contribution in [0.15, 0.2) is 42.5 Å². The maximum atomic E-state index is 11.1. The molecule has 2 rings (SSSR count). The summed E-state index contributed by atoms with van der Waals surface area (Å²) in [6.07, 6.45) is 0. The van der Waals surface area contributed by atoms with Gasteiger partial charge in [0.15, 0.2) is 0 Å². The Hall–Kier alpha value is -0.190. The normalized spacial score (nSPS) is 10.4. The fraction of sp³-hybridized carbons (Fsp3) is 0. The molecule has 0 aliphatic carbocycles. The average Bonchev–Trinajstić information content (AvgIpc) is 2.15. The van der Waals surface area contributed by atoms with Crippen LogP contribution in [0.5, 0.6) is 0 Å². The van der Waals surface area contributed by atoms with Crippen molar-refractivity contribution in [3.05, 3.63) is 42.5 Å². The van der Waals surface area contributed by atoms with Crippen LogP contribution in [-0.4, -0.2) is 44.8 Å². The van der Waals surface area contributed by atoms with Crippen LogP contribution in [0.4, 0.5) is 0 Å². The Morgan fingerprint density at radius 2 is 1.50 bits per heavy atom. The van der Waals surface area contributed by atoms with E-state index < -0.39 is 7.60 Å². The van der Waals surface area contributed by atoms with Crippen LogP contribution in [0, 0.1) is 0 Å². The van der Waals surface area contributed by atoms with E-state index in [2.05, 4.69) is 0 Å². The van der Waals surface area contributed by atoms with Crippen molar-refractivity contribution in [1.82, 2.24) is 0 Å². The van der Waals surface area contributed by atoms with Crippen LogP contribution in [-0.2, 0) is 4.57 Å². The average molecular weight is 250 g/mol. The zero-order valence-electron chi connectivity index (χ0n) is 7.79. The summed E-state index contributed by atoms with van der Waals surface area (Å²) < 4.78 is 11.1. The molecule has 0 radical (unpaired) electrons. The Labute approximate surface area is 115 Å². The number of hydrogen-bond donors (Lipinski definition) is 2. The van der Waals surface area contributed by atoms with Crippen LogP contribution in [0.3, 0.4) is 0 Å². The standard InChI is InChI=1S/C10H9O3P.Na.H2O.H/c11-14(12,13)10-7-3-5-8-4-1-2-6-9(8)10;;;/h1-7H,(H2,11,12,13);;1H2;. The second kappa shape index (κ2) is 5.94. The molecule has 0 aliphatic rings. The molecule has 0 bridgehead atoms. The molecule has 0 unspecified atom stereocenters. The first-order chi connectivity index (χ1) is 6.59. The molecule has 0 saturated heterocycles. The molecular weight excluding hydrogens is 238 g/mol. The van der Waals surface area contributed by atoms with Gasteiger partial charge in [-0.15, -0.1) is 0 Å². The van der Waals surface area contributed by atoms with Crippen molar-refractivity contribution in [2.24, 2.45) is 0 Å². The summed E-state index contributed by atoms with van der Waals surface area (Å²) in [5, 5.41) is 1.55. The minimum atomic E-state index is -4.16. The van der Waals surface area contributed by atoms with Gasteiger partial charge in [0.1, 0.15) is 0 Å². The monoisotopic (exact) mass is 250 g/mol. The van der Waals surface area contributed by atoms with Gasteiger partial charge in [0, 0.05) is 0 Å². The Morgan fingerprint density at radius 1 is 0.938 bits per heavy atom. The summed E-state index contributed by atoms with van der Waals surface area (Å²) in [4.78, 5) is 18.2. The molecule has 0 aromatic heterocycles. The van der Waals surface area contributed by atoms with Gasteiger partial charge in [-0.3, -0.25) is 4.57 Å². The van der Waals surface area contributed by atoms with E-state index in [0.29, 0.717) is 5.39 Å². The quantitative estimate of drug-likeness (QED) is 0.558. The van der Waals surface area contributed by atoms with E-state index in [0.717, 1.165) is 5.39 Å². The molecule has 0 amide bonds. The van der Waals surface area contributed by atoms with E-state index in [1.54, 1.807) is 18.2 Å². The third-order valence-corrected chi connectivity index (χ3v) is 3.10. The molecule has 4 N–H and O–H groups in total. The van der Waals surface area contributed by atoms with Gasteiger partial charge in [0.2, 0.25) is 0 Å². The van der Waals surface area contributed by atoms with E-state index in [4.69, 9.17) is 9.79 Å². The van der Waals surface area contributed by atoms with Gasteiger partial charge in [0.25, 0.3) is 0 Å². The Bertz CT molecular complexity index is 518. The van der Waals surface area contributed by atoms with Gasteiger partial charge in [-0.2, -0.15) is 0 Å². The zero-order chi connectivity index (χ0) is 10.2. The SMILES string of the molecule is O.O=P(O)(O)c1cccc2ccccc12.[NaH]. The number of hydrogen-bond acceptors (Lipinski definition) is 1. The van der Waals surface area contributed by atoms with Crippen molar-refractivity contribution in [3.8, 4) is 0 Å². The van der Waals surface area contributed by atoms with Crippen LogP contribution >= 0.6 is 7.60 Å². The number of fused-ring (bicyclic) bond motifs is 1. The van der Waals surface area contributed by atoms with Gasteiger partial charge in [0.05, 0.1) is 5.30 Å². The number of benzene rings is 2. The fourth-order valence-corrected chi connectivity index (χ4v) is 2.26. The predicted octanol–water partition coefficient (Wildman–Crippen LogP) is 0.170. The third-order valence-electron chi connectivity index (χ3n) is 2.08. The van der Waals surface area contributed by atoms with Crippen LogP contribution < -0.4 is 5.30 Å². The van der Waals surface area contributed by atoms with E-state index >= 15 is 0 Å². The maximum absolute atomic E-state index is 11.1. The molecule has 0 spiro atoms. The molecule has 2 aromatic carbocycles. The number of rotatable bonds is 1. The summed E-state index contributed by atoms with van der Waals surface area (Å²) in [6, 6.07) is 12.1. The molecule has 6 heteroatoms. The predicted molar refractivity (Wildman–Crippen MR) is 66.4 cm³/mol. The van der Waals surface area contributed by atoms with Crippen LogP contribution in [0.1, 0.15) is 0 Å². The second-order valence-corrected chi connectivity index (χ2v) is 4.61. The third kappa shape index (κ3) is 3.15. The van der Waals surface area contributed by atoms with E-state index in [1.807, 2.05) is 18.2 Å². The first-order valence-corrected chi connectivity index (χ1v) is 5.74. The Balaban J connectivity index is 0.00000112. The molecule has 0 aliphatic heterocycles. The van der Waals surface area contributed by atoms with Crippen molar-refractivity contribution in [2.75, 3.05) is 0 Å². The molecule has 16 heavy (non-hydrogen) atoms. The van der Waals surface area contributed by atoms with Crippen molar-refractivity contribution in [2.45, 2.75) is 0 Å². The van der Waals surface area contributed by atoms with Crippen molar-refractivity contribution >= 4 is 53.2 Å². The molecular formula is C10H12NaO4P. The van der Waals surface area contributed by atoms with E-state index in [9.17, 15) is 4.57 Å². The first-order valence-electron chi connectivity index (χ1n) is 4.13. The Kier molecular flexibility index (Phi) is 5.87. The Morgan fingerprint density at radius 3 is 2.12 bits per heavy atom. The van der Waals surface area contributed by atoms with Crippen LogP contribution in [0.2, 0.25) is 0 Å². The second-order valence-electron chi connectivity index (χ2n) is 3.04. The van der Waals surface area contributed by atoms with E-state index in [-0.39, 0.29) is 40.3 Å². The van der Waals surface area contributed by atoms with E-state index in [1.165, 1.54) is 6.07 Å². The van der Waals surface area contributed by atoms with Gasteiger partial charge >= 0.3 is 37.2 Å². The summed E-state index contributed by atoms with van der Waals surface area (Å²) >= 11 is 0. The minimum absolute atomic E-state index is 0. The fourth-order valence-electron chi connectivity index (χ4n) is 1.46. The van der Waals surface area contributed by atoms with Gasteiger partial charge in [-0.05, 0) is 16.8 Å². The van der Waals surface area contributed by atoms with Gasteiger partial charge in [-0.25, -0.2) is 0 Å². The summed E-state index contributed by atoms with van der Waals surface area (Å²) in [5.41, 5.74) is 0. The molecule has 0 saturated carbocycles. The molecule has 82 valence electrons. The molecule has 4 nitrogen and oxygen atoms in total. The molecule has 0 heterocycles. The van der Waals surface area contributed by atoms with Gasteiger partial charge < -0.3 is 15.3 Å². The van der Waals surface area contributed by atoms with Crippen molar-refractivity contribution < 1.29 is 19.8 Å². The summed E-state index contributed by atoms with van der Waals surface area (Å²) in [7, 11) is -4.16. The van der Waals surface area contributed by atoms with Crippen LogP contribution in [0.25, 0.3) is 10.8 Å². The molecule has 0 fully saturated rings. The molecule has 0 atom stereocenters. The molecule has 2 aromatic rings.